The van der Waals surface area contributed by atoms with Crippen LogP contribution in [0.15, 0.2) is 0 Å². The van der Waals surface area contributed by atoms with Crippen molar-refractivity contribution in [1.82, 2.24) is 0 Å². The summed E-state index contributed by atoms with van der Waals surface area (Å²) in [6, 6.07) is 0. The Morgan fingerprint density at radius 1 is 0.767 bits per heavy atom. The first-order valence-electron chi connectivity index (χ1n) is 11.7. The van der Waals surface area contributed by atoms with Gasteiger partial charge in [-0.05, 0) is 56.8 Å². The topological polar surface area (TPSA) is 121 Å². The van der Waals surface area contributed by atoms with Crippen LogP contribution in [0, 0.1) is 23.2 Å². The van der Waals surface area contributed by atoms with Gasteiger partial charge in [0, 0.05) is 25.7 Å². The SMILES string of the molecule is CCC(C)(CO)CC(C)O.CCC(CO)C(C)C(C)O.CCC(O)(CC)C(C)CO. The van der Waals surface area contributed by atoms with Crippen LogP contribution >= 0.6 is 0 Å². The van der Waals surface area contributed by atoms with Crippen molar-refractivity contribution in [2.75, 3.05) is 19.8 Å². The minimum absolute atomic E-state index is 0.0116. The Hall–Kier alpha value is -0.240. The van der Waals surface area contributed by atoms with Crippen LogP contribution in [-0.4, -0.2) is 68.3 Å². The number of aliphatic hydroxyl groups is 6. The first-order chi connectivity index (χ1) is 13.8. The molecule has 6 heteroatoms. The zero-order valence-corrected chi connectivity index (χ0v) is 21.2. The van der Waals surface area contributed by atoms with Crippen LogP contribution in [0.25, 0.3) is 0 Å². The molecule has 0 aromatic carbocycles. The highest BCUT2D eigenvalue weighted by atomic mass is 16.3. The van der Waals surface area contributed by atoms with Gasteiger partial charge >= 0.3 is 0 Å². The molecule has 0 aliphatic heterocycles. The van der Waals surface area contributed by atoms with Gasteiger partial charge in [-0.2, -0.15) is 0 Å². The summed E-state index contributed by atoms with van der Waals surface area (Å²) in [6.07, 6.45) is 3.34. The number of hydrogen-bond donors (Lipinski definition) is 6. The standard InChI is InChI=1S/3C8H18O2/c1-4-8(3,6-9)5-7(2)10;1-4-8(5-9)6(2)7(3)10;1-4-8(10,5-2)7(3)6-9/h7,9-10H,4-6H2,1-3H3;6-10H,4-5H2,1-3H3;7,9-10H,4-6H2,1-3H3. The van der Waals surface area contributed by atoms with Crippen LogP contribution in [-0.2, 0) is 0 Å². The third kappa shape index (κ3) is 14.7. The molecule has 0 fully saturated rings. The molecule has 0 amide bonds. The van der Waals surface area contributed by atoms with E-state index in [1.54, 1.807) is 13.8 Å². The van der Waals surface area contributed by atoms with Crippen molar-refractivity contribution in [2.45, 2.75) is 112 Å². The molecule has 6 atom stereocenters. The van der Waals surface area contributed by atoms with E-state index in [1.807, 2.05) is 48.5 Å². The molecule has 0 bridgehead atoms. The smallest absolute Gasteiger partial charge is 0.0689 e. The molecule has 0 saturated heterocycles. The van der Waals surface area contributed by atoms with Crippen molar-refractivity contribution in [2.24, 2.45) is 23.2 Å². The molecule has 186 valence electrons. The van der Waals surface area contributed by atoms with Crippen LogP contribution in [0.4, 0.5) is 0 Å². The lowest BCUT2D eigenvalue weighted by molar-refractivity contribution is -0.0382. The van der Waals surface area contributed by atoms with Gasteiger partial charge in [0.05, 0.1) is 17.8 Å². The summed E-state index contributed by atoms with van der Waals surface area (Å²) in [6.45, 7) is 17.7. The van der Waals surface area contributed by atoms with Gasteiger partial charge in [0.15, 0.2) is 0 Å². The Morgan fingerprint density at radius 3 is 1.33 bits per heavy atom. The third-order valence-corrected chi connectivity index (χ3v) is 6.70. The lowest BCUT2D eigenvalue weighted by Crippen LogP contribution is -2.36. The van der Waals surface area contributed by atoms with E-state index in [9.17, 15) is 5.11 Å². The van der Waals surface area contributed by atoms with Crippen LogP contribution in [0.1, 0.15) is 94.4 Å². The average Bonchev–Trinajstić information content (AvgIpc) is 2.73. The van der Waals surface area contributed by atoms with Gasteiger partial charge < -0.3 is 30.6 Å². The molecule has 0 aromatic heterocycles. The number of rotatable bonds is 12. The maximum absolute atomic E-state index is 9.74. The molecule has 0 aromatic rings. The van der Waals surface area contributed by atoms with Crippen molar-refractivity contribution < 1.29 is 30.6 Å². The normalized spacial score (nSPS) is 18.5. The predicted octanol–water partition coefficient (Wildman–Crippen LogP) is 3.35. The molecule has 0 heterocycles. The third-order valence-electron chi connectivity index (χ3n) is 6.70. The Balaban J connectivity index is -0.000000364. The Bertz CT molecular complexity index is 358. The van der Waals surface area contributed by atoms with Gasteiger partial charge in [-0.1, -0.05) is 54.9 Å². The van der Waals surface area contributed by atoms with Crippen molar-refractivity contribution in [3.63, 3.8) is 0 Å². The Kier molecular flexibility index (Phi) is 21.0. The fraction of sp³-hybridized carbons (Fsp3) is 1.00. The zero-order valence-electron chi connectivity index (χ0n) is 21.2. The predicted molar refractivity (Wildman–Crippen MR) is 125 cm³/mol. The fourth-order valence-corrected chi connectivity index (χ4v) is 3.21. The maximum Gasteiger partial charge on any atom is 0.0689 e. The summed E-state index contributed by atoms with van der Waals surface area (Å²) in [5.41, 5.74) is -0.747. The number of hydrogen-bond acceptors (Lipinski definition) is 6. The van der Waals surface area contributed by atoms with Gasteiger partial charge in [0.1, 0.15) is 0 Å². The first kappa shape index (κ1) is 34.4. The molecule has 0 radical (unpaired) electrons. The molecule has 30 heavy (non-hydrogen) atoms. The lowest BCUT2D eigenvalue weighted by atomic mass is 9.83. The van der Waals surface area contributed by atoms with Crippen molar-refractivity contribution in [3.05, 3.63) is 0 Å². The van der Waals surface area contributed by atoms with Crippen LogP contribution in [0.2, 0.25) is 0 Å². The van der Waals surface area contributed by atoms with Gasteiger partial charge in [0.25, 0.3) is 0 Å². The molecule has 0 aliphatic rings. The molecule has 6 unspecified atom stereocenters. The molecule has 0 saturated carbocycles. The van der Waals surface area contributed by atoms with Crippen LogP contribution in [0.5, 0.6) is 0 Å². The average molecular weight is 439 g/mol. The van der Waals surface area contributed by atoms with Gasteiger partial charge in [-0.15, -0.1) is 0 Å². The highest BCUT2D eigenvalue weighted by molar-refractivity contribution is 4.80. The molecule has 6 nitrogen and oxygen atoms in total. The molecular weight excluding hydrogens is 384 g/mol. The summed E-state index contributed by atoms with van der Waals surface area (Å²) in [5, 5.41) is 54.4. The van der Waals surface area contributed by atoms with E-state index in [0.29, 0.717) is 19.3 Å². The fourth-order valence-electron chi connectivity index (χ4n) is 3.21. The van der Waals surface area contributed by atoms with Crippen LogP contribution in [0.3, 0.4) is 0 Å². The van der Waals surface area contributed by atoms with E-state index < -0.39 is 5.60 Å². The highest BCUT2D eigenvalue weighted by Crippen LogP contribution is 2.26. The second kappa shape index (κ2) is 18.3. The zero-order chi connectivity index (χ0) is 24.5. The maximum atomic E-state index is 9.74. The van der Waals surface area contributed by atoms with Crippen molar-refractivity contribution >= 4 is 0 Å². The van der Waals surface area contributed by atoms with Gasteiger partial charge in [-0.25, -0.2) is 0 Å². The van der Waals surface area contributed by atoms with Crippen LogP contribution < -0.4 is 0 Å². The highest BCUT2D eigenvalue weighted by Gasteiger charge is 2.28. The second-order valence-electron chi connectivity index (χ2n) is 9.22. The Morgan fingerprint density at radius 2 is 1.23 bits per heavy atom. The van der Waals surface area contributed by atoms with Crippen molar-refractivity contribution in [3.8, 4) is 0 Å². The lowest BCUT2D eigenvalue weighted by Gasteiger charge is -2.30. The molecule has 0 aliphatic carbocycles. The minimum Gasteiger partial charge on any atom is -0.396 e. The molecule has 6 N–H and O–H groups in total. The quantitative estimate of drug-likeness (QED) is 0.278. The Labute approximate surface area is 186 Å². The first-order valence-corrected chi connectivity index (χ1v) is 11.7. The van der Waals surface area contributed by atoms with E-state index in [1.165, 1.54) is 0 Å². The van der Waals surface area contributed by atoms with E-state index in [-0.39, 0.29) is 55.2 Å². The minimum atomic E-state index is -0.658. The van der Waals surface area contributed by atoms with Crippen molar-refractivity contribution in [1.29, 1.82) is 0 Å². The monoisotopic (exact) mass is 438 g/mol. The summed E-state index contributed by atoms with van der Waals surface area (Å²) in [4.78, 5) is 0. The second-order valence-corrected chi connectivity index (χ2v) is 9.22. The summed E-state index contributed by atoms with van der Waals surface area (Å²) in [7, 11) is 0. The van der Waals surface area contributed by atoms with Gasteiger partial charge in [0.2, 0.25) is 0 Å². The van der Waals surface area contributed by atoms with E-state index >= 15 is 0 Å². The largest absolute Gasteiger partial charge is 0.396 e. The number of aliphatic hydroxyl groups excluding tert-OH is 5. The molecular formula is C24H54O6. The summed E-state index contributed by atoms with van der Waals surface area (Å²) < 4.78 is 0. The summed E-state index contributed by atoms with van der Waals surface area (Å²) in [5.74, 6) is 0.442. The summed E-state index contributed by atoms with van der Waals surface area (Å²) >= 11 is 0. The van der Waals surface area contributed by atoms with E-state index in [4.69, 9.17) is 25.5 Å². The van der Waals surface area contributed by atoms with E-state index in [2.05, 4.69) is 0 Å². The molecule has 0 spiro atoms. The molecule has 0 rings (SSSR count). The van der Waals surface area contributed by atoms with Gasteiger partial charge in [-0.3, -0.25) is 0 Å². The van der Waals surface area contributed by atoms with E-state index in [0.717, 1.165) is 12.8 Å².